The van der Waals surface area contributed by atoms with Crippen molar-refractivity contribution in [2.75, 3.05) is 31.0 Å². The highest BCUT2D eigenvalue weighted by atomic mass is 32.3. The van der Waals surface area contributed by atoms with E-state index in [2.05, 4.69) is 0 Å². The number of carboxylic acids is 1. The molecule has 0 saturated carbocycles. The Balaban J connectivity index is 2.74. The largest absolute Gasteiger partial charge is 0.481 e. The van der Waals surface area contributed by atoms with Crippen LogP contribution in [0.25, 0.3) is 0 Å². The molecule has 1 N–H and O–H groups in total. The van der Waals surface area contributed by atoms with Crippen molar-refractivity contribution in [1.29, 1.82) is 0 Å². The van der Waals surface area contributed by atoms with Crippen molar-refractivity contribution in [3.63, 3.8) is 0 Å². The van der Waals surface area contributed by atoms with Crippen molar-refractivity contribution in [2.45, 2.75) is 12.5 Å². The predicted molar refractivity (Wildman–Crippen MR) is 62.2 cm³/mol. The van der Waals surface area contributed by atoms with Gasteiger partial charge in [0.1, 0.15) is 0 Å². The van der Waals surface area contributed by atoms with Gasteiger partial charge in [-0.25, -0.2) is 16.8 Å². The minimum Gasteiger partial charge on any atom is -0.481 e. The summed E-state index contributed by atoms with van der Waals surface area (Å²) in [7, 11) is -7.60. The van der Waals surface area contributed by atoms with Gasteiger partial charge < -0.3 is 9.84 Å². The number of hydrogen-bond donors (Lipinski definition) is 1. The summed E-state index contributed by atoms with van der Waals surface area (Å²) >= 11 is 0. The first-order valence-corrected chi connectivity index (χ1v) is 8.76. The van der Waals surface area contributed by atoms with Crippen LogP contribution in [0.3, 0.4) is 0 Å². The van der Waals surface area contributed by atoms with Crippen molar-refractivity contribution in [3.8, 4) is 0 Å². The molecule has 18 heavy (non-hydrogen) atoms. The predicted octanol–water partition coefficient (Wildman–Crippen LogP) is -1.51. The molecule has 1 heterocycles. The van der Waals surface area contributed by atoms with E-state index < -0.39 is 37.0 Å². The molecule has 10 heteroatoms. The molecule has 0 aliphatic carbocycles. The molecule has 0 aromatic rings. The van der Waals surface area contributed by atoms with Crippen LogP contribution in [0, 0.1) is 0 Å². The first-order chi connectivity index (χ1) is 8.10. The Morgan fingerprint density at radius 3 is 2.50 bits per heavy atom. The molecule has 1 unspecified atom stereocenters. The molecule has 106 valence electrons. The minimum absolute atomic E-state index is 0.0357. The molecule has 0 spiro atoms. The number of aliphatic carboxylic acids is 1. The number of sulfone groups is 1. The quantitative estimate of drug-likeness (QED) is 0.656. The van der Waals surface area contributed by atoms with Crippen molar-refractivity contribution in [2.24, 2.45) is 0 Å². The highest BCUT2D eigenvalue weighted by Gasteiger charge is 2.32. The molecular formula is C8H15NO7S2. The first-order valence-electron chi connectivity index (χ1n) is 5.09. The van der Waals surface area contributed by atoms with Gasteiger partial charge in [0.15, 0.2) is 14.9 Å². The molecule has 1 aliphatic heterocycles. The van der Waals surface area contributed by atoms with Crippen LogP contribution in [0.15, 0.2) is 0 Å². The van der Waals surface area contributed by atoms with Crippen molar-refractivity contribution < 1.29 is 31.5 Å². The lowest BCUT2D eigenvalue weighted by Gasteiger charge is -2.31. The van der Waals surface area contributed by atoms with Gasteiger partial charge in [-0.2, -0.15) is 4.31 Å². The van der Waals surface area contributed by atoms with Gasteiger partial charge in [0.2, 0.25) is 10.0 Å². The number of morpholine rings is 1. The molecule has 1 aliphatic rings. The van der Waals surface area contributed by atoms with E-state index in [9.17, 15) is 21.6 Å². The number of carbonyl (C=O) groups is 1. The number of hydrogen-bond acceptors (Lipinski definition) is 6. The van der Waals surface area contributed by atoms with Crippen molar-refractivity contribution in [3.05, 3.63) is 0 Å². The van der Waals surface area contributed by atoms with Gasteiger partial charge in [-0.3, -0.25) is 4.79 Å². The van der Waals surface area contributed by atoms with Crippen LogP contribution in [0.2, 0.25) is 0 Å². The third-order valence-electron chi connectivity index (χ3n) is 2.26. The number of ether oxygens (including phenoxy) is 1. The Hall–Kier alpha value is -0.710. The molecule has 0 aromatic heterocycles. The Bertz CT molecular complexity index is 510. The van der Waals surface area contributed by atoms with Gasteiger partial charge in [0, 0.05) is 19.3 Å². The number of rotatable bonds is 5. The molecular weight excluding hydrogens is 286 g/mol. The lowest BCUT2D eigenvalue weighted by molar-refractivity contribution is -0.141. The van der Waals surface area contributed by atoms with Crippen molar-refractivity contribution >= 4 is 25.8 Å². The summed E-state index contributed by atoms with van der Waals surface area (Å²) in [6, 6.07) is 0. The molecule has 1 atom stereocenters. The summed E-state index contributed by atoms with van der Waals surface area (Å²) in [4.78, 5) is 10.5. The molecule has 0 aromatic carbocycles. The maximum atomic E-state index is 11.8. The van der Waals surface area contributed by atoms with Crippen molar-refractivity contribution in [1.82, 2.24) is 4.31 Å². The fourth-order valence-corrected chi connectivity index (χ4v) is 5.11. The second-order valence-electron chi connectivity index (χ2n) is 4.10. The van der Waals surface area contributed by atoms with Crippen LogP contribution >= 0.6 is 0 Å². The molecule has 1 fully saturated rings. The van der Waals surface area contributed by atoms with E-state index in [4.69, 9.17) is 9.84 Å². The van der Waals surface area contributed by atoms with Crippen LogP contribution in [-0.2, 0) is 29.4 Å². The maximum Gasteiger partial charge on any atom is 0.306 e. The fraction of sp³-hybridized carbons (Fsp3) is 0.875. The molecule has 0 bridgehead atoms. The van der Waals surface area contributed by atoms with E-state index in [1.54, 1.807) is 0 Å². The molecule has 1 saturated heterocycles. The van der Waals surface area contributed by atoms with Crippen LogP contribution in [0.4, 0.5) is 0 Å². The summed E-state index contributed by atoms with van der Waals surface area (Å²) in [5.41, 5.74) is 0. The lowest BCUT2D eigenvalue weighted by atomic mass is 10.2. The van der Waals surface area contributed by atoms with Crippen LogP contribution in [0.1, 0.15) is 6.42 Å². The topological polar surface area (TPSA) is 118 Å². The number of carboxylic acid groups (broad SMARTS) is 1. The standard InChI is InChI=1S/C8H15NO7S2/c1-17(12,13)6-18(14,15)9-2-3-16-7(5-9)4-8(10)11/h7H,2-6H2,1H3,(H,10,11). The zero-order valence-corrected chi connectivity index (χ0v) is 11.4. The molecule has 8 nitrogen and oxygen atoms in total. The Morgan fingerprint density at radius 1 is 1.39 bits per heavy atom. The molecule has 0 amide bonds. The highest BCUT2D eigenvalue weighted by Crippen LogP contribution is 2.14. The van der Waals surface area contributed by atoms with E-state index in [-0.39, 0.29) is 26.1 Å². The van der Waals surface area contributed by atoms with Gasteiger partial charge in [0.05, 0.1) is 19.1 Å². The van der Waals surface area contributed by atoms with Gasteiger partial charge in [-0.15, -0.1) is 0 Å². The first kappa shape index (κ1) is 15.3. The third kappa shape index (κ3) is 4.88. The normalized spacial score (nSPS) is 22.8. The summed E-state index contributed by atoms with van der Waals surface area (Å²) < 4.78 is 51.7. The average molecular weight is 301 g/mol. The van der Waals surface area contributed by atoms with Crippen LogP contribution in [-0.4, -0.2) is 69.4 Å². The van der Waals surface area contributed by atoms with Gasteiger partial charge in [0.25, 0.3) is 0 Å². The van der Waals surface area contributed by atoms with Crippen LogP contribution < -0.4 is 0 Å². The van der Waals surface area contributed by atoms with Gasteiger partial charge in [-0.1, -0.05) is 0 Å². The van der Waals surface area contributed by atoms with E-state index in [0.29, 0.717) is 0 Å². The second-order valence-corrected chi connectivity index (χ2v) is 8.58. The van der Waals surface area contributed by atoms with Crippen LogP contribution in [0.5, 0.6) is 0 Å². The monoisotopic (exact) mass is 301 g/mol. The Morgan fingerprint density at radius 2 is 2.00 bits per heavy atom. The highest BCUT2D eigenvalue weighted by molar-refractivity contribution is 8.06. The third-order valence-corrected chi connectivity index (χ3v) is 6.28. The summed E-state index contributed by atoms with van der Waals surface area (Å²) in [5, 5.41) is 7.62. The Kier molecular flexibility index (Phi) is 4.70. The fourth-order valence-electron chi connectivity index (χ4n) is 1.61. The number of nitrogens with zero attached hydrogens (tertiary/aromatic N) is 1. The maximum absolute atomic E-state index is 11.8. The number of sulfonamides is 1. The Labute approximate surface area is 106 Å². The summed E-state index contributed by atoms with van der Waals surface area (Å²) in [6.45, 7) is -0.0426. The lowest BCUT2D eigenvalue weighted by Crippen LogP contribution is -2.47. The van der Waals surface area contributed by atoms with E-state index >= 15 is 0 Å². The van der Waals surface area contributed by atoms with Gasteiger partial charge in [-0.05, 0) is 0 Å². The summed E-state index contributed by atoms with van der Waals surface area (Å²) in [5.74, 6) is -1.10. The zero-order chi connectivity index (χ0) is 14.0. The second kappa shape index (κ2) is 5.51. The molecule has 0 radical (unpaired) electrons. The van der Waals surface area contributed by atoms with E-state index in [0.717, 1.165) is 10.6 Å². The summed E-state index contributed by atoms with van der Waals surface area (Å²) in [6.07, 6.45) is -0.226. The average Bonchev–Trinajstić information content (AvgIpc) is 2.13. The zero-order valence-electron chi connectivity index (χ0n) is 9.77. The van der Waals surface area contributed by atoms with Gasteiger partial charge >= 0.3 is 5.97 Å². The molecule has 1 rings (SSSR count). The van der Waals surface area contributed by atoms with E-state index in [1.165, 1.54) is 0 Å². The smallest absolute Gasteiger partial charge is 0.306 e. The minimum atomic E-state index is -3.94. The van der Waals surface area contributed by atoms with E-state index in [1.807, 2.05) is 0 Å². The SMILES string of the molecule is CS(=O)(=O)CS(=O)(=O)N1CCOC(CC(=O)O)C1.